The summed E-state index contributed by atoms with van der Waals surface area (Å²) in [6.07, 6.45) is 0. The Morgan fingerprint density at radius 2 is 1.54 bits per heavy atom. The lowest BCUT2D eigenvalue weighted by atomic mass is 10.1. The Morgan fingerprint density at radius 1 is 0.885 bits per heavy atom. The summed E-state index contributed by atoms with van der Waals surface area (Å²) in [5, 5.41) is 0. The van der Waals surface area contributed by atoms with E-state index in [4.69, 9.17) is 4.74 Å². The quantitative estimate of drug-likeness (QED) is 0.313. The van der Waals surface area contributed by atoms with Gasteiger partial charge in [-0.1, -0.05) is 29.8 Å². The maximum Gasteiger partial charge on any atom is 0.359 e. The summed E-state index contributed by atoms with van der Waals surface area (Å²) < 4.78 is 39.5. The average Bonchev–Trinajstić information content (AvgIpc) is 2.99. The predicted octanol–water partition coefficient (Wildman–Crippen LogP) is 0.703. The van der Waals surface area contributed by atoms with Gasteiger partial charge in [0.05, 0.1) is 12.0 Å². The molecule has 6 heteroatoms. The zero-order valence-corrected chi connectivity index (χ0v) is 17.2. The van der Waals surface area contributed by atoms with Crippen LogP contribution in [0.25, 0.3) is 11.1 Å². The normalized spacial score (nSPS) is 11.8. The van der Waals surface area contributed by atoms with Gasteiger partial charge in [0, 0.05) is 11.1 Å². The van der Waals surface area contributed by atoms with Crippen molar-refractivity contribution in [1.29, 1.82) is 0 Å². The van der Waals surface area contributed by atoms with Crippen molar-refractivity contribution in [2.45, 2.75) is 11.8 Å². The standard InChI is InChI=1S/C13H10IO.C7H8O3S/c1-15-9-6-7-13-11(8-9)10-4-2-3-5-12(10)14-13;1-6-2-4-7(5-3-6)11(8,9)10/h2-8H,1H3;2-5H,1H3,(H,8,9,10)/q+1;/p-1. The van der Waals surface area contributed by atoms with Gasteiger partial charge in [0.2, 0.25) is 7.14 Å². The molecule has 4 nitrogen and oxygen atoms in total. The minimum atomic E-state index is -4.27. The van der Waals surface area contributed by atoms with Crippen LogP contribution in [0, 0.1) is 14.1 Å². The molecule has 0 unspecified atom stereocenters. The number of aryl methyl sites for hydroxylation is 1. The molecule has 1 aliphatic rings. The molecule has 3 aromatic rings. The van der Waals surface area contributed by atoms with Crippen LogP contribution >= 0.6 is 0 Å². The van der Waals surface area contributed by atoms with Crippen LogP contribution in [0.15, 0.2) is 71.6 Å². The number of methoxy groups -OCH3 is 1. The number of halogens is 1. The molecule has 0 bridgehead atoms. The Hall–Kier alpha value is -1.90. The third-order valence-electron chi connectivity index (χ3n) is 3.85. The molecule has 26 heavy (non-hydrogen) atoms. The van der Waals surface area contributed by atoms with Crippen LogP contribution in [0.4, 0.5) is 0 Å². The Labute approximate surface area is 163 Å². The van der Waals surface area contributed by atoms with Gasteiger partial charge in [0.1, 0.15) is 15.9 Å². The molecule has 4 rings (SSSR count). The summed E-state index contributed by atoms with van der Waals surface area (Å²) in [5.41, 5.74) is 3.70. The van der Waals surface area contributed by atoms with Crippen molar-refractivity contribution in [3.05, 3.63) is 79.4 Å². The van der Waals surface area contributed by atoms with E-state index in [9.17, 15) is 13.0 Å². The molecule has 0 aromatic heterocycles. The van der Waals surface area contributed by atoms with E-state index in [0.717, 1.165) is 11.3 Å². The van der Waals surface area contributed by atoms with Crippen LogP contribution < -0.4 is 25.9 Å². The molecule has 0 amide bonds. The van der Waals surface area contributed by atoms with E-state index in [0.29, 0.717) is 0 Å². The molecular formula is C20H17IO4S. The largest absolute Gasteiger partial charge is 0.744 e. The fourth-order valence-electron chi connectivity index (χ4n) is 2.50. The maximum atomic E-state index is 10.4. The molecule has 0 radical (unpaired) electrons. The fourth-order valence-corrected chi connectivity index (χ4v) is 5.84. The summed E-state index contributed by atoms with van der Waals surface area (Å²) >= 11 is 0.0291. The van der Waals surface area contributed by atoms with Gasteiger partial charge in [-0.3, -0.25) is 0 Å². The highest BCUT2D eigenvalue weighted by Gasteiger charge is 2.32. The second-order valence-corrected chi connectivity index (χ2v) is 9.93. The van der Waals surface area contributed by atoms with Crippen molar-refractivity contribution in [2.24, 2.45) is 0 Å². The monoisotopic (exact) mass is 480 g/mol. The third kappa shape index (κ3) is 4.25. The minimum Gasteiger partial charge on any atom is -0.744 e. The summed E-state index contributed by atoms with van der Waals surface area (Å²) in [6.45, 7) is 1.82. The molecule has 0 fully saturated rings. The van der Waals surface area contributed by atoms with E-state index >= 15 is 0 Å². The van der Waals surface area contributed by atoms with Crippen molar-refractivity contribution in [1.82, 2.24) is 0 Å². The number of hydrogen-bond acceptors (Lipinski definition) is 4. The van der Waals surface area contributed by atoms with Gasteiger partial charge < -0.3 is 9.29 Å². The zero-order chi connectivity index (χ0) is 18.7. The number of fused-ring (bicyclic) bond motifs is 3. The Morgan fingerprint density at radius 3 is 2.19 bits per heavy atom. The Kier molecular flexibility index (Phi) is 5.64. The SMILES string of the molecule is COc1ccc2c(c1)-c1ccccc1[I+]2.Cc1ccc(S(=O)(=O)[O-])cc1. The topological polar surface area (TPSA) is 66.4 Å². The number of benzene rings is 3. The van der Waals surface area contributed by atoms with Crippen LogP contribution in [0.2, 0.25) is 0 Å². The van der Waals surface area contributed by atoms with Gasteiger partial charge in [0.15, 0.2) is 0 Å². The molecule has 0 aliphatic carbocycles. The number of ether oxygens (including phenoxy) is 1. The van der Waals surface area contributed by atoms with Crippen LogP contribution in [0.5, 0.6) is 5.75 Å². The summed E-state index contributed by atoms with van der Waals surface area (Å²) in [5.74, 6) is 0.953. The molecule has 1 heterocycles. The van der Waals surface area contributed by atoms with E-state index in [1.54, 1.807) is 19.2 Å². The lowest BCUT2D eigenvalue weighted by molar-refractivity contribution is -0.589. The predicted molar refractivity (Wildman–Crippen MR) is 95.0 cm³/mol. The van der Waals surface area contributed by atoms with Gasteiger partial charge in [-0.25, -0.2) is 8.42 Å². The summed E-state index contributed by atoms with van der Waals surface area (Å²) in [4.78, 5) is -0.178. The van der Waals surface area contributed by atoms with E-state index in [2.05, 4.69) is 42.5 Å². The number of rotatable bonds is 2. The second kappa shape index (κ2) is 7.77. The molecule has 3 aromatic carbocycles. The van der Waals surface area contributed by atoms with Gasteiger partial charge in [0.25, 0.3) is 0 Å². The molecule has 0 saturated heterocycles. The lowest BCUT2D eigenvalue weighted by Gasteiger charge is -2.05. The van der Waals surface area contributed by atoms with Crippen molar-refractivity contribution >= 4 is 10.1 Å². The van der Waals surface area contributed by atoms with Gasteiger partial charge >= 0.3 is 21.2 Å². The Bertz CT molecular complexity index is 1030. The van der Waals surface area contributed by atoms with Crippen molar-refractivity contribution in [2.75, 3.05) is 7.11 Å². The highest BCUT2D eigenvalue weighted by molar-refractivity contribution is 7.85. The summed E-state index contributed by atoms with van der Waals surface area (Å²) in [6, 6.07) is 20.9. The maximum absolute atomic E-state index is 10.4. The second-order valence-electron chi connectivity index (χ2n) is 5.69. The van der Waals surface area contributed by atoms with Gasteiger partial charge in [-0.15, -0.1) is 0 Å². The van der Waals surface area contributed by atoms with E-state index in [-0.39, 0.29) is 26.1 Å². The third-order valence-corrected chi connectivity index (χ3v) is 7.74. The fraction of sp³-hybridized carbons (Fsp3) is 0.100. The zero-order valence-electron chi connectivity index (χ0n) is 14.3. The first-order chi connectivity index (χ1) is 12.4. The molecule has 0 spiro atoms. The highest BCUT2D eigenvalue weighted by Crippen LogP contribution is 2.26. The van der Waals surface area contributed by atoms with Crippen LogP contribution in [0.3, 0.4) is 0 Å². The first-order valence-corrected chi connectivity index (χ1v) is 11.4. The molecule has 1 aliphatic heterocycles. The minimum absolute atomic E-state index is 0.0291. The van der Waals surface area contributed by atoms with Crippen LogP contribution in [0.1, 0.15) is 5.56 Å². The Balaban J connectivity index is 0.000000160. The van der Waals surface area contributed by atoms with Crippen molar-refractivity contribution in [3.63, 3.8) is 0 Å². The van der Waals surface area contributed by atoms with E-state index < -0.39 is 10.1 Å². The molecule has 0 atom stereocenters. The van der Waals surface area contributed by atoms with E-state index in [1.165, 1.54) is 30.4 Å². The van der Waals surface area contributed by atoms with Crippen molar-refractivity contribution in [3.8, 4) is 16.9 Å². The summed E-state index contributed by atoms with van der Waals surface area (Å²) in [7, 11) is -2.55. The highest BCUT2D eigenvalue weighted by atomic mass is 127. The molecular weight excluding hydrogens is 463 g/mol. The van der Waals surface area contributed by atoms with Crippen molar-refractivity contribution < 1.29 is 38.9 Å². The number of hydrogen-bond donors (Lipinski definition) is 0. The lowest BCUT2D eigenvalue weighted by Crippen LogP contribution is -3.61. The smallest absolute Gasteiger partial charge is 0.359 e. The van der Waals surface area contributed by atoms with Gasteiger partial charge in [-0.05, 0) is 49.4 Å². The first kappa shape index (κ1) is 18.9. The first-order valence-electron chi connectivity index (χ1n) is 7.83. The van der Waals surface area contributed by atoms with Crippen LogP contribution in [-0.2, 0) is 10.1 Å². The average molecular weight is 480 g/mol. The molecule has 0 N–H and O–H groups in total. The van der Waals surface area contributed by atoms with Gasteiger partial charge in [-0.2, -0.15) is 0 Å². The van der Waals surface area contributed by atoms with E-state index in [1.807, 2.05) is 6.92 Å². The van der Waals surface area contributed by atoms with Crippen LogP contribution in [-0.4, -0.2) is 20.1 Å². The molecule has 134 valence electrons. The molecule has 0 saturated carbocycles.